The lowest BCUT2D eigenvalue weighted by Crippen LogP contribution is -2.20. The molecule has 1 aliphatic rings. The third-order valence-electron chi connectivity index (χ3n) is 7.62. The maximum absolute atomic E-state index is 6.09. The highest BCUT2D eigenvalue weighted by Gasteiger charge is 2.24. The number of aryl methyl sites for hydroxylation is 1. The van der Waals surface area contributed by atoms with Crippen molar-refractivity contribution in [3.63, 3.8) is 0 Å². The number of aromatic nitrogens is 2. The predicted octanol–water partition coefficient (Wildman–Crippen LogP) is 9.20. The lowest BCUT2D eigenvalue weighted by atomic mass is 9.74. The Balaban J connectivity index is 1.37. The van der Waals surface area contributed by atoms with Crippen molar-refractivity contribution < 1.29 is 4.74 Å². The molecular weight excluding hydrogens is 416 g/mol. The Bertz CT molecular complexity index is 771. The first kappa shape index (κ1) is 26.7. The first-order chi connectivity index (χ1) is 16.8. The maximum atomic E-state index is 6.09. The van der Waals surface area contributed by atoms with Gasteiger partial charge >= 0.3 is 0 Å². The first-order valence-corrected chi connectivity index (χ1v) is 14.3. The van der Waals surface area contributed by atoms with Gasteiger partial charge in [-0.3, -0.25) is 9.97 Å². The standard InChI is InChI=1S/C31H48N2O/c1-3-5-7-8-10-14-26-15-11-12-16-27(26)17-13-23-34-30-21-19-28(20-22-30)31-25-32-29(24-33-31)18-9-6-4-2/h19-22,24-27H,3-18,23H2,1-2H3. The fraction of sp³-hybridized carbons (Fsp3) is 0.677. The van der Waals surface area contributed by atoms with Crippen LogP contribution in [0, 0.1) is 11.8 Å². The maximum Gasteiger partial charge on any atom is 0.119 e. The Labute approximate surface area is 209 Å². The quantitative estimate of drug-likeness (QED) is 0.232. The largest absolute Gasteiger partial charge is 0.494 e. The van der Waals surface area contributed by atoms with Gasteiger partial charge < -0.3 is 4.74 Å². The smallest absolute Gasteiger partial charge is 0.119 e. The van der Waals surface area contributed by atoms with Gasteiger partial charge in [-0.1, -0.05) is 90.9 Å². The number of hydrogen-bond acceptors (Lipinski definition) is 3. The molecular formula is C31H48N2O. The molecule has 0 N–H and O–H groups in total. The van der Waals surface area contributed by atoms with Crippen molar-refractivity contribution in [2.45, 2.75) is 117 Å². The Kier molecular flexibility index (Phi) is 12.5. The predicted molar refractivity (Wildman–Crippen MR) is 144 cm³/mol. The van der Waals surface area contributed by atoms with Crippen LogP contribution in [-0.2, 0) is 6.42 Å². The van der Waals surface area contributed by atoms with E-state index in [-0.39, 0.29) is 0 Å². The lowest BCUT2D eigenvalue weighted by Gasteiger charge is -2.31. The number of hydrogen-bond donors (Lipinski definition) is 0. The summed E-state index contributed by atoms with van der Waals surface area (Å²) in [6, 6.07) is 8.36. The van der Waals surface area contributed by atoms with Gasteiger partial charge in [-0.15, -0.1) is 0 Å². The van der Waals surface area contributed by atoms with Gasteiger partial charge in [0, 0.05) is 11.8 Å². The zero-order chi connectivity index (χ0) is 23.8. The molecule has 0 spiro atoms. The molecule has 1 aromatic carbocycles. The van der Waals surface area contributed by atoms with Gasteiger partial charge in [-0.25, -0.2) is 0 Å². The van der Waals surface area contributed by atoms with Gasteiger partial charge in [-0.2, -0.15) is 0 Å². The third-order valence-corrected chi connectivity index (χ3v) is 7.62. The molecule has 1 aliphatic carbocycles. The topological polar surface area (TPSA) is 35.0 Å². The molecule has 0 bridgehead atoms. The second kappa shape index (κ2) is 15.9. The highest BCUT2D eigenvalue weighted by molar-refractivity contribution is 5.58. The number of benzene rings is 1. The molecule has 0 aliphatic heterocycles. The Morgan fingerprint density at radius 1 is 0.735 bits per heavy atom. The number of ether oxygens (including phenoxy) is 1. The van der Waals surface area contributed by atoms with Crippen LogP contribution in [0.1, 0.15) is 116 Å². The van der Waals surface area contributed by atoms with Crippen LogP contribution in [0.5, 0.6) is 5.75 Å². The molecule has 1 heterocycles. The summed E-state index contributed by atoms with van der Waals surface area (Å²) in [6.07, 6.45) is 25.3. The van der Waals surface area contributed by atoms with Gasteiger partial charge in [0.1, 0.15) is 5.75 Å². The van der Waals surface area contributed by atoms with E-state index in [2.05, 4.69) is 48.1 Å². The van der Waals surface area contributed by atoms with E-state index in [4.69, 9.17) is 4.74 Å². The molecule has 1 aromatic heterocycles. The summed E-state index contributed by atoms with van der Waals surface area (Å²) in [7, 11) is 0. The first-order valence-electron chi connectivity index (χ1n) is 14.3. The molecule has 2 aromatic rings. The molecule has 34 heavy (non-hydrogen) atoms. The summed E-state index contributed by atoms with van der Waals surface area (Å²) in [4.78, 5) is 9.22. The van der Waals surface area contributed by atoms with Crippen molar-refractivity contribution in [2.75, 3.05) is 6.61 Å². The minimum Gasteiger partial charge on any atom is -0.494 e. The van der Waals surface area contributed by atoms with Crippen molar-refractivity contribution in [2.24, 2.45) is 11.8 Å². The molecule has 188 valence electrons. The van der Waals surface area contributed by atoms with E-state index >= 15 is 0 Å². The summed E-state index contributed by atoms with van der Waals surface area (Å²) < 4.78 is 6.09. The van der Waals surface area contributed by atoms with Crippen LogP contribution >= 0.6 is 0 Å². The molecule has 3 nitrogen and oxygen atoms in total. The molecule has 2 atom stereocenters. The minimum atomic E-state index is 0.825. The Morgan fingerprint density at radius 2 is 1.41 bits per heavy atom. The zero-order valence-corrected chi connectivity index (χ0v) is 21.9. The molecule has 0 saturated heterocycles. The average molecular weight is 465 g/mol. The summed E-state index contributed by atoms with van der Waals surface area (Å²) in [5, 5.41) is 0. The monoisotopic (exact) mass is 464 g/mol. The van der Waals surface area contributed by atoms with Crippen LogP contribution in [0.25, 0.3) is 11.3 Å². The van der Waals surface area contributed by atoms with Crippen molar-refractivity contribution in [1.82, 2.24) is 9.97 Å². The zero-order valence-electron chi connectivity index (χ0n) is 21.9. The van der Waals surface area contributed by atoms with Gasteiger partial charge in [0.05, 0.1) is 24.2 Å². The van der Waals surface area contributed by atoms with Crippen LogP contribution in [0.15, 0.2) is 36.7 Å². The van der Waals surface area contributed by atoms with Crippen molar-refractivity contribution >= 4 is 0 Å². The normalized spacial score (nSPS) is 18.2. The van der Waals surface area contributed by atoms with Crippen molar-refractivity contribution in [3.8, 4) is 17.0 Å². The van der Waals surface area contributed by atoms with Crippen LogP contribution < -0.4 is 4.74 Å². The molecule has 0 amide bonds. The van der Waals surface area contributed by atoms with Gasteiger partial charge in [0.25, 0.3) is 0 Å². The van der Waals surface area contributed by atoms with Crippen molar-refractivity contribution in [1.29, 1.82) is 0 Å². The summed E-state index contributed by atoms with van der Waals surface area (Å²) >= 11 is 0. The molecule has 2 unspecified atom stereocenters. The van der Waals surface area contributed by atoms with E-state index in [0.29, 0.717) is 0 Å². The lowest BCUT2D eigenvalue weighted by molar-refractivity contribution is 0.190. The summed E-state index contributed by atoms with van der Waals surface area (Å²) in [5.74, 6) is 2.85. The van der Waals surface area contributed by atoms with E-state index in [0.717, 1.165) is 47.6 Å². The molecule has 0 radical (unpaired) electrons. The molecule has 1 saturated carbocycles. The van der Waals surface area contributed by atoms with E-state index in [1.54, 1.807) is 0 Å². The van der Waals surface area contributed by atoms with Crippen LogP contribution in [0.2, 0.25) is 0 Å². The molecule has 3 rings (SSSR count). The van der Waals surface area contributed by atoms with Crippen LogP contribution in [0.4, 0.5) is 0 Å². The summed E-state index contributed by atoms with van der Waals surface area (Å²) in [5.41, 5.74) is 3.13. The fourth-order valence-corrected chi connectivity index (χ4v) is 5.50. The van der Waals surface area contributed by atoms with Gasteiger partial charge in [0.15, 0.2) is 0 Å². The number of rotatable bonds is 16. The van der Waals surface area contributed by atoms with E-state index < -0.39 is 0 Å². The van der Waals surface area contributed by atoms with Gasteiger partial charge in [0.2, 0.25) is 0 Å². The fourth-order valence-electron chi connectivity index (χ4n) is 5.50. The highest BCUT2D eigenvalue weighted by Crippen LogP contribution is 2.36. The highest BCUT2D eigenvalue weighted by atomic mass is 16.5. The number of nitrogens with zero attached hydrogens (tertiary/aromatic N) is 2. The second-order valence-electron chi connectivity index (χ2n) is 10.4. The van der Waals surface area contributed by atoms with Crippen LogP contribution in [-0.4, -0.2) is 16.6 Å². The van der Waals surface area contributed by atoms with E-state index in [9.17, 15) is 0 Å². The van der Waals surface area contributed by atoms with E-state index in [1.165, 1.54) is 96.3 Å². The molecule has 3 heteroatoms. The number of unbranched alkanes of at least 4 members (excludes halogenated alkanes) is 6. The minimum absolute atomic E-state index is 0.825. The van der Waals surface area contributed by atoms with E-state index in [1.807, 2.05) is 12.4 Å². The SMILES string of the molecule is CCCCCCCC1CCCCC1CCCOc1ccc(-c2cnc(CCCCC)cn2)cc1. The van der Waals surface area contributed by atoms with Crippen LogP contribution in [0.3, 0.4) is 0 Å². The third kappa shape index (κ3) is 9.39. The Morgan fingerprint density at radius 3 is 2.09 bits per heavy atom. The average Bonchev–Trinajstić information content (AvgIpc) is 2.88. The van der Waals surface area contributed by atoms with Crippen molar-refractivity contribution in [3.05, 3.63) is 42.4 Å². The Hall–Kier alpha value is -1.90. The second-order valence-corrected chi connectivity index (χ2v) is 10.4. The molecule has 1 fully saturated rings. The summed E-state index contributed by atoms with van der Waals surface area (Å²) in [6.45, 7) is 5.35. The van der Waals surface area contributed by atoms with Gasteiger partial charge in [-0.05, 0) is 61.8 Å².